The average Bonchev–Trinajstić information content (AvgIpc) is 4.24. The topological polar surface area (TPSA) is 154 Å². The van der Waals surface area contributed by atoms with Gasteiger partial charge in [-0.15, -0.1) is 5.10 Å². The van der Waals surface area contributed by atoms with Crippen molar-refractivity contribution in [3.05, 3.63) is 126 Å². The minimum Gasteiger partial charge on any atom is -0.340 e. The maximum absolute atomic E-state index is 14.2. The Morgan fingerprint density at radius 3 is 2.31 bits per heavy atom. The van der Waals surface area contributed by atoms with E-state index in [0.717, 1.165) is 55.5 Å². The van der Waals surface area contributed by atoms with Crippen LogP contribution in [0.1, 0.15) is 75.8 Å². The van der Waals surface area contributed by atoms with Gasteiger partial charge in [0.2, 0.25) is 5.91 Å². The highest BCUT2D eigenvalue weighted by molar-refractivity contribution is 6.04. The normalized spacial score (nSPS) is 22.7. The molecule has 61 heavy (non-hydrogen) atoms. The largest absolute Gasteiger partial charge is 0.340 e. The number of rotatable bonds is 18. The van der Waals surface area contributed by atoms with Gasteiger partial charge in [0, 0.05) is 81.1 Å². The number of nitrogens with one attached hydrogen (secondary N) is 4. The van der Waals surface area contributed by atoms with Crippen LogP contribution < -0.4 is 21.3 Å². The van der Waals surface area contributed by atoms with E-state index < -0.39 is 6.04 Å². The zero-order chi connectivity index (χ0) is 41.9. The van der Waals surface area contributed by atoms with Gasteiger partial charge in [-0.2, -0.15) is 5.10 Å². The van der Waals surface area contributed by atoms with Crippen LogP contribution in [0.3, 0.4) is 0 Å². The number of nitrogens with zero attached hydrogens (tertiary/aromatic N) is 7. The predicted molar refractivity (Wildman–Crippen MR) is 229 cm³/mol. The monoisotopic (exact) mass is 827 g/mol. The molecule has 9 rings (SSSR count). The van der Waals surface area contributed by atoms with Crippen LogP contribution in [-0.2, 0) is 11.8 Å². The molecule has 3 heterocycles. The molecule has 0 radical (unpaired) electrons. The Bertz CT molecular complexity index is 2270. The molecule has 6 atom stereocenters. The molecule has 1 saturated heterocycles. The highest BCUT2D eigenvalue weighted by Gasteiger charge is 2.51. The molecule has 1 aliphatic heterocycles. The zero-order valence-electron chi connectivity index (χ0n) is 34.5. The van der Waals surface area contributed by atoms with Crippen LogP contribution in [0.4, 0.5) is 10.1 Å². The summed E-state index contributed by atoms with van der Waals surface area (Å²) >= 11 is 0. The molecule has 0 spiro atoms. The van der Waals surface area contributed by atoms with Gasteiger partial charge in [-0.25, -0.2) is 9.07 Å². The number of benzene rings is 3. The molecule has 3 aromatic carbocycles. The van der Waals surface area contributed by atoms with Crippen molar-refractivity contribution in [1.29, 1.82) is 0 Å². The van der Waals surface area contributed by atoms with Crippen molar-refractivity contribution < 1.29 is 18.8 Å². The number of anilines is 1. The molecule has 15 heteroatoms. The molecule has 1 unspecified atom stereocenters. The lowest BCUT2D eigenvalue weighted by molar-refractivity contribution is -0.135. The highest BCUT2D eigenvalue weighted by Crippen LogP contribution is 2.49. The molecular weight excluding hydrogens is 774 g/mol. The van der Waals surface area contributed by atoms with Crippen molar-refractivity contribution in [2.75, 3.05) is 51.1 Å². The van der Waals surface area contributed by atoms with Crippen molar-refractivity contribution in [2.45, 2.75) is 62.1 Å². The summed E-state index contributed by atoms with van der Waals surface area (Å²) in [5.74, 6) is 1.21. The van der Waals surface area contributed by atoms with Crippen molar-refractivity contribution in [3.63, 3.8) is 0 Å². The lowest BCUT2D eigenvalue weighted by Gasteiger charge is -2.36. The Balaban J connectivity index is 0.797. The summed E-state index contributed by atoms with van der Waals surface area (Å²) in [5.41, 5.74) is 4.93. The van der Waals surface area contributed by atoms with Crippen LogP contribution in [0.2, 0.25) is 0 Å². The number of aromatic nitrogens is 5. The van der Waals surface area contributed by atoms with E-state index in [9.17, 15) is 18.8 Å². The third kappa shape index (κ3) is 10.1. The highest BCUT2D eigenvalue weighted by atomic mass is 19.1. The van der Waals surface area contributed by atoms with Crippen LogP contribution in [0, 0.1) is 17.7 Å². The standard InChI is InChI=1S/C46H54FN11O3/c1-55-28-34(27-51-55)45(60)52-36-14-8-32(9-15-36)42-39(43(42)49-26-30-4-5-30)29-56-21-23-57(24-22-56)46(61)40(3-2-18-48-41-25-38(41)31-6-12-35(47)13-7-31)53-44(59)33-10-16-37(17-11-33)58-20-19-50-54-58/h6-17,19-20,27-28,30,38-43,48-49H,2-5,18,21-26,29H2,1H3,(H,52,60)(H,53,59)/t38-,39?,40-,41+,42+,43+/m0/s1. The number of piperazine rings is 1. The third-order valence-electron chi connectivity index (χ3n) is 12.8. The number of carbonyl (C=O) groups is 3. The smallest absolute Gasteiger partial charge is 0.258 e. The van der Waals surface area contributed by atoms with Crippen LogP contribution in [0.15, 0.2) is 97.6 Å². The SMILES string of the molecule is Cn1cc(C(=O)Nc2ccc([C@@H]3C(CN4CCN(C(=O)[C@H](CCCN[C@@H]5C[C@H]5c5ccc(F)cc5)NC(=O)c5ccc(-n6ccnn6)cc5)CC4)[C@H]3NCC3CC3)cc2)cn1. The average molecular weight is 828 g/mol. The summed E-state index contributed by atoms with van der Waals surface area (Å²) in [5, 5.41) is 25.5. The fraction of sp³-hybridized carbons (Fsp3) is 0.435. The van der Waals surface area contributed by atoms with Gasteiger partial charge in [-0.05, 0) is 117 Å². The third-order valence-corrected chi connectivity index (χ3v) is 12.8. The van der Waals surface area contributed by atoms with Gasteiger partial charge in [-0.1, -0.05) is 29.5 Å². The Morgan fingerprint density at radius 2 is 1.62 bits per heavy atom. The lowest BCUT2D eigenvalue weighted by Crippen LogP contribution is -2.55. The molecule has 3 saturated carbocycles. The molecule has 318 valence electrons. The molecule has 3 aliphatic carbocycles. The summed E-state index contributed by atoms with van der Waals surface area (Å²) < 4.78 is 16.7. The van der Waals surface area contributed by atoms with Crippen molar-refractivity contribution in [3.8, 4) is 5.69 Å². The van der Waals surface area contributed by atoms with E-state index in [0.29, 0.717) is 73.4 Å². The molecule has 2 aromatic heterocycles. The fourth-order valence-corrected chi connectivity index (χ4v) is 8.86. The zero-order valence-corrected chi connectivity index (χ0v) is 34.5. The second-order valence-corrected chi connectivity index (χ2v) is 17.2. The molecule has 0 bridgehead atoms. The Hall–Kier alpha value is -5.77. The molecular formula is C46H54FN11O3. The van der Waals surface area contributed by atoms with E-state index in [4.69, 9.17) is 0 Å². The molecule has 4 fully saturated rings. The maximum Gasteiger partial charge on any atom is 0.258 e. The van der Waals surface area contributed by atoms with Crippen molar-refractivity contribution in [2.24, 2.45) is 18.9 Å². The van der Waals surface area contributed by atoms with E-state index in [1.807, 2.05) is 41.3 Å². The van der Waals surface area contributed by atoms with Crippen LogP contribution >= 0.6 is 0 Å². The number of carbonyl (C=O) groups excluding carboxylic acids is 3. The summed E-state index contributed by atoms with van der Waals surface area (Å²) in [6, 6.07) is 22.1. The number of aryl methyl sites for hydroxylation is 1. The minimum atomic E-state index is -0.663. The van der Waals surface area contributed by atoms with Crippen LogP contribution in [-0.4, -0.2) is 116 Å². The molecule has 14 nitrogen and oxygen atoms in total. The Morgan fingerprint density at radius 1 is 0.869 bits per heavy atom. The van der Waals surface area contributed by atoms with Crippen LogP contribution in [0.25, 0.3) is 5.69 Å². The van der Waals surface area contributed by atoms with E-state index in [2.05, 4.69) is 53.7 Å². The van der Waals surface area contributed by atoms with Gasteiger partial charge in [0.25, 0.3) is 11.8 Å². The van der Waals surface area contributed by atoms with Gasteiger partial charge in [-0.3, -0.25) is 24.0 Å². The first-order valence-electron chi connectivity index (χ1n) is 21.7. The number of halogens is 1. The van der Waals surface area contributed by atoms with E-state index in [-0.39, 0.29) is 23.5 Å². The first-order valence-corrected chi connectivity index (χ1v) is 21.7. The van der Waals surface area contributed by atoms with Gasteiger partial charge >= 0.3 is 0 Å². The van der Waals surface area contributed by atoms with Gasteiger partial charge < -0.3 is 26.2 Å². The maximum atomic E-state index is 14.2. The summed E-state index contributed by atoms with van der Waals surface area (Å²) in [4.78, 5) is 44.9. The van der Waals surface area contributed by atoms with Crippen molar-refractivity contribution >= 4 is 23.4 Å². The van der Waals surface area contributed by atoms with E-state index >= 15 is 0 Å². The quantitative estimate of drug-likeness (QED) is 0.0946. The summed E-state index contributed by atoms with van der Waals surface area (Å²) in [6.45, 7) is 5.42. The minimum absolute atomic E-state index is 0.0492. The predicted octanol–water partition coefficient (Wildman–Crippen LogP) is 4.34. The molecule has 4 aliphatic rings. The van der Waals surface area contributed by atoms with Crippen LogP contribution in [0.5, 0.6) is 0 Å². The number of hydrogen-bond donors (Lipinski definition) is 4. The molecule has 5 aromatic rings. The first-order chi connectivity index (χ1) is 29.8. The van der Waals surface area contributed by atoms with E-state index in [1.165, 1.54) is 30.5 Å². The number of amides is 3. The Labute approximate surface area is 355 Å². The Kier molecular flexibility index (Phi) is 12.0. The second kappa shape index (κ2) is 18.1. The molecule has 4 N–H and O–H groups in total. The lowest BCUT2D eigenvalue weighted by atomic mass is 10.1. The second-order valence-electron chi connectivity index (χ2n) is 17.2. The van der Waals surface area contributed by atoms with Gasteiger partial charge in [0.05, 0.1) is 29.8 Å². The van der Waals surface area contributed by atoms with E-state index in [1.54, 1.807) is 53.3 Å². The first kappa shape index (κ1) is 40.6. The molecule has 3 amide bonds. The van der Waals surface area contributed by atoms with Crippen molar-refractivity contribution in [1.82, 2.24) is 50.5 Å². The number of hydrogen-bond acceptors (Lipinski definition) is 9. The summed E-state index contributed by atoms with van der Waals surface area (Å²) in [6.07, 6.45) is 11.4. The van der Waals surface area contributed by atoms with Gasteiger partial charge in [0.15, 0.2) is 0 Å². The fourth-order valence-electron chi connectivity index (χ4n) is 8.86. The summed E-state index contributed by atoms with van der Waals surface area (Å²) in [7, 11) is 1.79. The van der Waals surface area contributed by atoms with Gasteiger partial charge in [0.1, 0.15) is 11.9 Å².